The first-order chi connectivity index (χ1) is 13.7. The zero-order chi connectivity index (χ0) is 21.3. The van der Waals surface area contributed by atoms with Crippen LogP contribution in [0.1, 0.15) is 38.8 Å². The third-order valence-corrected chi connectivity index (χ3v) is 4.78. The standard InChI is InChI=1S/C22H25N3O4/c1-13(23)20(14(2)26)16-9-19-17(10-18(16)28-5)25(21(27)22(3,4)29-19)12-15-7-6-8-24-11-15/h6-11H,12,23H2,1-5H3. The predicted molar refractivity (Wildman–Crippen MR) is 111 cm³/mol. The van der Waals surface area contributed by atoms with Crippen LogP contribution < -0.4 is 20.1 Å². The topological polar surface area (TPSA) is 94.8 Å². The van der Waals surface area contributed by atoms with E-state index in [0.29, 0.717) is 40.6 Å². The Kier molecular flexibility index (Phi) is 5.33. The van der Waals surface area contributed by atoms with Crippen LogP contribution in [0, 0.1) is 0 Å². The van der Waals surface area contributed by atoms with Gasteiger partial charge in [-0.25, -0.2) is 0 Å². The van der Waals surface area contributed by atoms with Gasteiger partial charge in [0.2, 0.25) is 0 Å². The summed E-state index contributed by atoms with van der Waals surface area (Å²) in [5.41, 5.74) is 7.62. The number of Topliss-reactive ketones (excluding diaryl/α,β-unsaturated/α-hetero) is 1. The van der Waals surface area contributed by atoms with Crippen molar-refractivity contribution in [2.75, 3.05) is 12.0 Å². The van der Waals surface area contributed by atoms with E-state index in [2.05, 4.69) is 4.98 Å². The summed E-state index contributed by atoms with van der Waals surface area (Å²) in [7, 11) is 1.51. The average Bonchev–Trinajstić information content (AvgIpc) is 2.65. The number of carbonyl (C=O) groups excluding carboxylic acids is 2. The Balaban J connectivity index is 2.19. The number of amides is 1. The van der Waals surface area contributed by atoms with Crippen molar-refractivity contribution in [2.24, 2.45) is 5.73 Å². The first kappa shape index (κ1) is 20.4. The molecule has 1 aliphatic rings. The fourth-order valence-electron chi connectivity index (χ4n) is 3.47. The molecule has 2 aromatic rings. The van der Waals surface area contributed by atoms with Crippen molar-refractivity contribution in [3.8, 4) is 11.5 Å². The SMILES string of the molecule is COc1cc2c(cc1C(C(C)=O)=C(C)N)OC(C)(C)C(=O)N2Cc1cccnc1. The molecule has 1 aromatic carbocycles. The van der Waals surface area contributed by atoms with Crippen LogP contribution in [0.3, 0.4) is 0 Å². The summed E-state index contributed by atoms with van der Waals surface area (Å²) >= 11 is 0. The maximum absolute atomic E-state index is 13.1. The molecule has 1 aliphatic heterocycles. The molecule has 1 amide bonds. The number of pyridine rings is 1. The van der Waals surface area contributed by atoms with Crippen LogP contribution in [-0.4, -0.2) is 29.4 Å². The second-order valence-corrected chi connectivity index (χ2v) is 7.50. The van der Waals surface area contributed by atoms with Gasteiger partial charge in [0.05, 0.1) is 19.3 Å². The number of fused-ring (bicyclic) bond motifs is 1. The number of ketones is 1. The molecular weight excluding hydrogens is 370 g/mol. The summed E-state index contributed by atoms with van der Waals surface area (Å²) in [4.78, 5) is 31.1. The molecule has 0 saturated heterocycles. The second kappa shape index (κ2) is 7.58. The van der Waals surface area contributed by atoms with Crippen LogP contribution in [-0.2, 0) is 16.1 Å². The third-order valence-electron chi connectivity index (χ3n) is 4.78. The summed E-state index contributed by atoms with van der Waals surface area (Å²) < 4.78 is 11.5. The Morgan fingerprint density at radius 3 is 2.59 bits per heavy atom. The molecule has 0 fully saturated rings. The highest BCUT2D eigenvalue weighted by Crippen LogP contribution is 2.44. The van der Waals surface area contributed by atoms with Gasteiger partial charge in [-0.2, -0.15) is 0 Å². The summed E-state index contributed by atoms with van der Waals surface area (Å²) in [5.74, 6) is 0.558. The molecule has 3 rings (SSSR count). The fraction of sp³-hybridized carbons (Fsp3) is 0.318. The Morgan fingerprint density at radius 2 is 2.03 bits per heavy atom. The van der Waals surface area contributed by atoms with Crippen LogP contribution in [0.4, 0.5) is 5.69 Å². The monoisotopic (exact) mass is 395 g/mol. The summed E-state index contributed by atoms with van der Waals surface area (Å²) in [6, 6.07) is 7.15. The lowest BCUT2D eigenvalue weighted by molar-refractivity contribution is -0.132. The maximum atomic E-state index is 13.1. The first-order valence-corrected chi connectivity index (χ1v) is 9.25. The summed E-state index contributed by atoms with van der Waals surface area (Å²) in [6.07, 6.45) is 3.40. The molecular formula is C22H25N3O4. The van der Waals surface area contributed by atoms with Crippen molar-refractivity contribution in [1.82, 2.24) is 4.98 Å². The molecule has 0 spiro atoms. The minimum absolute atomic E-state index is 0.179. The number of methoxy groups -OCH3 is 1. The number of nitrogens with zero attached hydrogens (tertiary/aromatic N) is 2. The lowest BCUT2D eigenvalue weighted by Crippen LogP contribution is -2.52. The predicted octanol–water partition coefficient (Wildman–Crippen LogP) is 3.07. The molecule has 7 nitrogen and oxygen atoms in total. The largest absolute Gasteiger partial charge is 0.496 e. The van der Waals surface area contributed by atoms with E-state index in [4.69, 9.17) is 15.2 Å². The van der Waals surface area contributed by atoms with Crippen molar-refractivity contribution in [3.05, 3.63) is 53.5 Å². The number of nitrogens with two attached hydrogens (primary N) is 1. The van der Waals surface area contributed by atoms with Gasteiger partial charge in [-0.3, -0.25) is 14.6 Å². The number of aromatic nitrogens is 1. The van der Waals surface area contributed by atoms with Crippen LogP contribution in [0.25, 0.3) is 5.57 Å². The molecule has 152 valence electrons. The van der Waals surface area contributed by atoms with Gasteiger partial charge in [0.15, 0.2) is 11.4 Å². The number of hydrogen-bond acceptors (Lipinski definition) is 6. The van der Waals surface area contributed by atoms with Gasteiger partial charge in [-0.05, 0) is 45.4 Å². The molecule has 7 heteroatoms. The van der Waals surface area contributed by atoms with Crippen molar-refractivity contribution in [1.29, 1.82) is 0 Å². The van der Waals surface area contributed by atoms with Gasteiger partial charge in [-0.1, -0.05) is 6.07 Å². The molecule has 2 heterocycles. The summed E-state index contributed by atoms with van der Waals surface area (Å²) in [6.45, 7) is 6.88. The first-order valence-electron chi connectivity index (χ1n) is 9.25. The molecule has 0 aliphatic carbocycles. The summed E-state index contributed by atoms with van der Waals surface area (Å²) in [5, 5.41) is 0. The van der Waals surface area contributed by atoms with E-state index in [-0.39, 0.29) is 11.7 Å². The zero-order valence-corrected chi connectivity index (χ0v) is 17.3. The van der Waals surface area contributed by atoms with Gasteiger partial charge in [0.1, 0.15) is 11.5 Å². The zero-order valence-electron chi connectivity index (χ0n) is 17.3. The van der Waals surface area contributed by atoms with Gasteiger partial charge >= 0.3 is 0 Å². The van der Waals surface area contributed by atoms with Crippen LogP contribution >= 0.6 is 0 Å². The normalized spacial score (nSPS) is 15.9. The van der Waals surface area contributed by atoms with Gasteiger partial charge < -0.3 is 20.1 Å². The van der Waals surface area contributed by atoms with Crippen molar-refractivity contribution in [3.63, 3.8) is 0 Å². The lowest BCUT2D eigenvalue weighted by Gasteiger charge is -2.39. The van der Waals surface area contributed by atoms with E-state index in [1.165, 1.54) is 14.0 Å². The van der Waals surface area contributed by atoms with Crippen LogP contribution in [0.15, 0.2) is 42.4 Å². The minimum atomic E-state index is -1.07. The van der Waals surface area contributed by atoms with E-state index in [1.54, 1.807) is 50.2 Å². The van der Waals surface area contributed by atoms with E-state index in [1.807, 2.05) is 12.1 Å². The van der Waals surface area contributed by atoms with E-state index < -0.39 is 5.60 Å². The van der Waals surface area contributed by atoms with Crippen LogP contribution in [0.2, 0.25) is 0 Å². The Morgan fingerprint density at radius 1 is 1.31 bits per heavy atom. The molecule has 2 N–H and O–H groups in total. The number of ether oxygens (including phenoxy) is 2. The number of rotatable bonds is 5. The van der Waals surface area contributed by atoms with Gasteiger partial charge in [0.25, 0.3) is 5.91 Å². The second-order valence-electron chi connectivity index (χ2n) is 7.50. The van der Waals surface area contributed by atoms with Gasteiger partial charge in [0, 0.05) is 35.3 Å². The Bertz CT molecular complexity index is 993. The van der Waals surface area contributed by atoms with Crippen molar-refractivity contribution in [2.45, 2.75) is 39.8 Å². The molecule has 0 atom stereocenters. The number of allylic oxidation sites excluding steroid dienone is 2. The molecule has 0 radical (unpaired) electrons. The number of carbonyl (C=O) groups is 2. The van der Waals surface area contributed by atoms with Crippen LogP contribution in [0.5, 0.6) is 11.5 Å². The molecule has 1 aromatic heterocycles. The molecule has 0 saturated carbocycles. The van der Waals surface area contributed by atoms with Crippen molar-refractivity contribution < 1.29 is 19.1 Å². The molecule has 0 bridgehead atoms. The third kappa shape index (κ3) is 3.81. The van der Waals surface area contributed by atoms with Crippen molar-refractivity contribution >= 4 is 23.0 Å². The smallest absolute Gasteiger partial charge is 0.271 e. The number of benzene rings is 1. The van der Waals surface area contributed by atoms with E-state index >= 15 is 0 Å². The quantitative estimate of drug-likeness (QED) is 0.782. The van der Waals surface area contributed by atoms with E-state index in [9.17, 15) is 9.59 Å². The Labute approximate surface area is 170 Å². The van der Waals surface area contributed by atoms with Gasteiger partial charge in [-0.15, -0.1) is 0 Å². The number of hydrogen-bond donors (Lipinski definition) is 1. The number of anilines is 1. The fourth-order valence-corrected chi connectivity index (χ4v) is 3.47. The molecule has 29 heavy (non-hydrogen) atoms. The highest BCUT2D eigenvalue weighted by molar-refractivity contribution is 6.21. The lowest BCUT2D eigenvalue weighted by atomic mass is 9.96. The molecule has 0 unspecified atom stereocenters. The Hall–Kier alpha value is -3.35. The maximum Gasteiger partial charge on any atom is 0.271 e. The highest BCUT2D eigenvalue weighted by Gasteiger charge is 2.41. The van der Waals surface area contributed by atoms with E-state index in [0.717, 1.165) is 5.56 Å². The highest BCUT2D eigenvalue weighted by atomic mass is 16.5. The minimum Gasteiger partial charge on any atom is -0.496 e. The average molecular weight is 395 g/mol.